The summed E-state index contributed by atoms with van der Waals surface area (Å²) in [5, 5.41) is 5.67. The van der Waals surface area contributed by atoms with Gasteiger partial charge in [0.05, 0.1) is 0 Å². The molecular weight excluding hydrogens is 498 g/mol. The second-order valence-corrected chi connectivity index (χ2v) is 10.9. The number of nitrogens with zero attached hydrogens (tertiary/aromatic N) is 1. The van der Waals surface area contributed by atoms with Crippen molar-refractivity contribution in [2.45, 2.75) is 84.5 Å². The van der Waals surface area contributed by atoms with E-state index in [2.05, 4.69) is 30.2 Å². The second kappa shape index (κ2) is 15.4. The van der Waals surface area contributed by atoms with Gasteiger partial charge in [-0.1, -0.05) is 86.3 Å². The summed E-state index contributed by atoms with van der Waals surface area (Å²) in [5.74, 6) is -0.588. The molecule has 38 heavy (non-hydrogen) atoms. The molecule has 0 aromatic heterocycles. The molecule has 0 fully saturated rings. The first-order valence-electron chi connectivity index (χ1n) is 13.3. The third kappa shape index (κ3) is 10.4. The predicted octanol–water partition coefficient (Wildman–Crippen LogP) is 5.58. The zero-order valence-electron chi connectivity index (χ0n) is 23.3. The summed E-state index contributed by atoms with van der Waals surface area (Å²) in [6, 6.07) is 15.5. The van der Waals surface area contributed by atoms with Crippen LogP contribution in [0, 0.1) is 6.92 Å². The quantitative estimate of drug-likeness (QED) is 0.228. The number of thiol groups is 1. The largest absolute Gasteiger partial charge is 0.444 e. The number of benzene rings is 2. The molecule has 2 unspecified atom stereocenters. The molecule has 0 aliphatic carbocycles. The summed E-state index contributed by atoms with van der Waals surface area (Å²) in [6.07, 6.45) is 3.05. The Morgan fingerprint density at radius 2 is 1.63 bits per heavy atom. The van der Waals surface area contributed by atoms with Gasteiger partial charge in [0, 0.05) is 18.8 Å². The van der Waals surface area contributed by atoms with Gasteiger partial charge in [-0.2, -0.15) is 12.6 Å². The first-order valence-corrected chi connectivity index (χ1v) is 14.0. The maximum Gasteiger partial charge on any atom is 0.408 e. The first-order chi connectivity index (χ1) is 18.1. The summed E-state index contributed by atoms with van der Waals surface area (Å²) in [5.41, 5.74) is 2.01. The van der Waals surface area contributed by atoms with E-state index in [0.717, 1.165) is 36.8 Å². The van der Waals surface area contributed by atoms with Crippen molar-refractivity contribution in [1.29, 1.82) is 0 Å². The first kappa shape index (κ1) is 31.2. The number of carbonyl (C=O) groups is 3. The van der Waals surface area contributed by atoms with Crippen LogP contribution in [0.25, 0.3) is 0 Å². The van der Waals surface area contributed by atoms with Gasteiger partial charge in [-0.15, -0.1) is 0 Å². The molecule has 0 saturated carbocycles. The van der Waals surface area contributed by atoms with E-state index >= 15 is 0 Å². The smallest absolute Gasteiger partial charge is 0.408 e. The van der Waals surface area contributed by atoms with E-state index in [1.807, 2.05) is 61.5 Å². The molecule has 0 aliphatic rings. The van der Waals surface area contributed by atoms with Crippen LogP contribution >= 0.6 is 12.6 Å². The third-order valence-corrected chi connectivity index (χ3v) is 6.34. The molecule has 208 valence electrons. The van der Waals surface area contributed by atoms with Crippen molar-refractivity contribution in [2.24, 2.45) is 0 Å². The Morgan fingerprint density at radius 1 is 0.974 bits per heavy atom. The average Bonchev–Trinajstić information content (AvgIpc) is 2.87. The average molecular weight is 542 g/mol. The fraction of sp³-hybridized carbons (Fsp3) is 0.500. The van der Waals surface area contributed by atoms with Gasteiger partial charge in [-0.3, -0.25) is 9.59 Å². The topological polar surface area (TPSA) is 87.7 Å². The molecular formula is C30H43N3O4S. The number of nitrogens with one attached hydrogen (secondary N) is 2. The Balaban J connectivity index is 2.39. The van der Waals surface area contributed by atoms with E-state index in [4.69, 9.17) is 4.74 Å². The number of aryl methyl sites for hydroxylation is 1. The van der Waals surface area contributed by atoms with Gasteiger partial charge < -0.3 is 20.3 Å². The molecule has 0 bridgehead atoms. The van der Waals surface area contributed by atoms with Crippen LogP contribution in [0.15, 0.2) is 54.6 Å². The standard InChI is InChI=1S/C30H43N3O4S/c1-6-7-8-12-19-33(28(35)25(21-38)32-29(36)37-30(3,4)5)26(24-17-15-22(2)16-18-24)27(34)31-20-23-13-10-9-11-14-23/h9-11,13-18,25-26,38H,6-8,12,19-21H2,1-5H3,(H,31,34)(H,32,36). The molecule has 7 nitrogen and oxygen atoms in total. The highest BCUT2D eigenvalue weighted by atomic mass is 32.1. The Kier molecular flexibility index (Phi) is 12.7. The van der Waals surface area contributed by atoms with Crippen LogP contribution < -0.4 is 10.6 Å². The van der Waals surface area contributed by atoms with Crippen LogP contribution in [0.4, 0.5) is 4.79 Å². The summed E-state index contributed by atoms with van der Waals surface area (Å²) >= 11 is 4.35. The highest BCUT2D eigenvalue weighted by Crippen LogP contribution is 2.24. The van der Waals surface area contributed by atoms with Gasteiger partial charge in [0.25, 0.3) is 0 Å². The third-order valence-electron chi connectivity index (χ3n) is 5.97. The minimum absolute atomic E-state index is 0.0653. The molecule has 8 heteroatoms. The maximum atomic E-state index is 13.9. The minimum atomic E-state index is -0.950. The van der Waals surface area contributed by atoms with Crippen LogP contribution in [0.3, 0.4) is 0 Å². The lowest BCUT2D eigenvalue weighted by atomic mass is 10.0. The Labute approximate surface area is 233 Å². The highest BCUT2D eigenvalue weighted by Gasteiger charge is 2.35. The number of ether oxygens (including phenoxy) is 1. The molecule has 2 aromatic carbocycles. The van der Waals surface area contributed by atoms with Crippen molar-refractivity contribution >= 4 is 30.5 Å². The molecule has 3 amide bonds. The van der Waals surface area contributed by atoms with E-state index < -0.39 is 23.8 Å². The fourth-order valence-electron chi connectivity index (χ4n) is 4.01. The molecule has 2 N–H and O–H groups in total. The van der Waals surface area contributed by atoms with Crippen molar-refractivity contribution < 1.29 is 19.1 Å². The SMILES string of the molecule is CCCCCCN(C(=O)C(CS)NC(=O)OC(C)(C)C)C(C(=O)NCc1ccccc1)c1ccc(C)cc1. The minimum Gasteiger partial charge on any atom is -0.444 e. The van der Waals surface area contributed by atoms with E-state index in [1.54, 1.807) is 25.7 Å². The van der Waals surface area contributed by atoms with Crippen LogP contribution in [0.1, 0.15) is 76.1 Å². The van der Waals surface area contributed by atoms with E-state index in [-0.39, 0.29) is 17.6 Å². The number of amides is 3. The van der Waals surface area contributed by atoms with Crippen molar-refractivity contribution in [3.63, 3.8) is 0 Å². The molecule has 0 aliphatic heterocycles. The lowest BCUT2D eigenvalue weighted by molar-refractivity contribution is -0.142. The van der Waals surface area contributed by atoms with Gasteiger partial charge in [0.2, 0.25) is 11.8 Å². The Morgan fingerprint density at radius 3 is 2.21 bits per heavy atom. The number of unbranched alkanes of at least 4 members (excludes halogenated alkanes) is 3. The highest BCUT2D eigenvalue weighted by molar-refractivity contribution is 7.80. The van der Waals surface area contributed by atoms with Gasteiger partial charge in [0.1, 0.15) is 17.7 Å². The second-order valence-electron chi connectivity index (χ2n) is 10.5. The lowest BCUT2D eigenvalue weighted by Gasteiger charge is -2.34. The molecule has 0 spiro atoms. The molecule has 2 aromatic rings. The van der Waals surface area contributed by atoms with Crippen LogP contribution in [0.5, 0.6) is 0 Å². The summed E-state index contributed by atoms with van der Waals surface area (Å²) in [4.78, 5) is 41.7. The van der Waals surface area contributed by atoms with Crippen LogP contribution in [0.2, 0.25) is 0 Å². The molecule has 2 rings (SSSR count). The molecule has 2 atom stereocenters. The summed E-state index contributed by atoms with van der Waals surface area (Å²) < 4.78 is 5.37. The van der Waals surface area contributed by atoms with Gasteiger partial charge >= 0.3 is 6.09 Å². The zero-order valence-corrected chi connectivity index (χ0v) is 24.2. The number of hydrogen-bond donors (Lipinski definition) is 3. The number of rotatable bonds is 13. The van der Waals surface area contributed by atoms with Gasteiger partial charge in [-0.05, 0) is 45.2 Å². The van der Waals surface area contributed by atoms with Crippen LogP contribution in [-0.4, -0.2) is 46.7 Å². The summed E-state index contributed by atoms with van der Waals surface area (Å²) in [7, 11) is 0. The number of hydrogen-bond acceptors (Lipinski definition) is 5. The molecule has 0 saturated heterocycles. The van der Waals surface area contributed by atoms with E-state index in [0.29, 0.717) is 18.7 Å². The van der Waals surface area contributed by atoms with Gasteiger partial charge in [0.15, 0.2) is 0 Å². The Bertz CT molecular complexity index is 1020. The zero-order chi connectivity index (χ0) is 28.1. The predicted molar refractivity (Wildman–Crippen MR) is 155 cm³/mol. The molecule has 0 heterocycles. The number of carbonyl (C=O) groups excluding carboxylic acids is 3. The lowest BCUT2D eigenvalue weighted by Crippen LogP contribution is -2.54. The van der Waals surface area contributed by atoms with Crippen molar-refractivity contribution in [3.8, 4) is 0 Å². The summed E-state index contributed by atoms with van der Waals surface area (Å²) in [6.45, 7) is 10.1. The van der Waals surface area contributed by atoms with E-state index in [9.17, 15) is 14.4 Å². The molecule has 0 radical (unpaired) electrons. The maximum absolute atomic E-state index is 13.9. The van der Waals surface area contributed by atoms with Crippen LogP contribution in [-0.2, 0) is 20.9 Å². The fourth-order valence-corrected chi connectivity index (χ4v) is 4.26. The van der Waals surface area contributed by atoms with Crippen molar-refractivity contribution in [1.82, 2.24) is 15.5 Å². The van der Waals surface area contributed by atoms with Crippen molar-refractivity contribution in [2.75, 3.05) is 12.3 Å². The number of alkyl carbamates (subject to hydrolysis) is 1. The monoisotopic (exact) mass is 541 g/mol. The van der Waals surface area contributed by atoms with Gasteiger partial charge in [-0.25, -0.2) is 4.79 Å². The Hall–Kier alpha value is -3.00. The van der Waals surface area contributed by atoms with Crippen molar-refractivity contribution in [3.05, 3.63) is 71.3 Å². The van der Waals surface area contributed by atoms with E-state index in [1.165, 1.54) is 0 Å². The normalized spacial score (nSPS) is 12.8.